The summed E-state index contributed by atoms with van der Waals surface area (Å²) in [7, 11) is 1.70. The Bertz CT molecular complexity index is 962. The van der Waals surface area contributed by atoms with Gasteiger partial charge in [-0.2, -0.15) is 0 Å². The number of nitrogens with one attached hydrogen (secondary N) is 2. The highest BCUT2D eigenvalue weighted by atomic mass is 32.1. The fourth-order valence-corrected chi connectivity index (χ4v) is 3.89. The van der Waals surface area contributed by atoms with Crippen molar-refractivity contribution in [1.29, 1.82) is 0 Å². The molecule has 0 bridgehead atoms. The summed E-state index contributed by atoms with van der Waals surface area (Å²) in [5, 5.41) is 3.63. The predicted molar refractivity (Wildman–Crippen MR) is 104 cm³/mol. The van der Waals surface area contributed by atoms with Gasteiger partial charge in [-0.05, 0) is 37.7 Å². The van der Waals surface area contributed by atoms with Gasteiger partial charge in [0.05, 0.1) is 16.5 Å². The van der Waals surface area contributed by atoms with Crippen LogP contribution in [0.3, 0.4) is 0 Å². The number of benzene rings is 1. The molecule has 2 aromatic rings. The average molecular weight is 375 g/mol. The molecule has 1 aliphatic carbocycles. The first-order valence-corrected chi connectivity index (χ1v) is 9.17. The van der Waals surface area contributed by atoms with Gasteiger partial charge in [-0.3, -0.25) is 14.2 Å². The minimum absolute atomic E-state index is 0.0582. The number of rotatable bonds is 5. The Morgan fingerprint density at radius 1 is 1.38 bits per heavy atom. The number of nitrogens with zero attached hydrogens (tertiary/aromatic N) is 1. The number of methoxy groups -OCH3 is 1. The van der Waals surface area contributed by atoms with E-state index in [1.165, 1.54) is 4.57 Å². The normalized spacial score (nSPS) is 24.2. The van der Waals surface area contributed by atoms with Crippen molar-refractivity contribution in [3.05, 3.63) is 39.4 Å². The lowest BCUT2D eigenvalue weighted by molar-refractivity contribution is -0.182. The maximum atomic E-state index is 12.6. The van der Waals surface area contributed by atoms with E-state index in [-0.39, 0.29) is 41.5 Å². The second kappa shape index (κ2) is 6.63. The zero-order valence-electron chi connectivity index (χ0n) is 15.6. The second-order valence-electron chi connectivity index (χ2n) is 7.66. The van der Waals surface area contributed by atoms with Crippen LogP contribution in [-0.4, -0.2) is 34.2 Å². The number of para-hydroxylation sites is 1. The van der Waals surface area contributed by atoms with E-state index >= 15 is 0 Å². The van der Waals surface area contributed by atoms with Crippen LogP contribution in [0.5, 0.6) is 0 Å². The molecule has 1 heterocycles. The van der Waals surface area contributed by atoms with Crippen molar-refractivity contribution >= 4 is 29.0 Å². The van der Waals surface area contributed by atoms with Gasteiger partial charge in [-0.25, -0.2) is 0 Å². The number of carbonyl (C=O) groups excluding carboxylic acids is 1. The second-order valence-corrected chi connectivity index (χ2v) is 8.05. The first-order chi connectivity index (χ1) is 12.2. The van der Waals surface area contributed by atoms with E-state index in [0.717, 1.165) is 6.42 Å². The van der Waals surface area contributed by atoms with Crippen molar-refractivity contribution in [2.75, 3.05) is 7.11 Å². The summed E-state index contributed by atoms with van der Waals surface area (Å²) in [5.74, 6) is -0.0873. The van der Waals surface area contributed by atoms with Gasteiger partial charge in [0.15, 0.2) is 4.77 Å². The zero-order chi connectivity index (χ0) is 19.1. The number of fused-ring (bicyclic) bond motifs is 1. The SMILES string of the molecule is CO[C@]1(C)C[C@H](NC(=O)CCn2c(=S)[nH]c3ccccc3c2=O)C1(C)C. The number of amides is 1. The van der Waals surface area contributed by atoms with Crippen LogP contribution in [0.2, 0.25) is 0 Å². The number of aromatic amines is 1. The molecule has 1 aromatic carbocycles. The molecule has 2 N–H and O–H groups in total. The smallest absolute Gasteiger partial charge is 0.262 e. The third-order valence-corrected chi connectivity index (χ3v) is 6.39. The molecule has 1 fully saturated rings. The summed E-state index contributed by atoms with van der Waals surface area (Å²) in [6.07, 6.45) is 0.976. The summed E-state index contributed by atoms with van der Waals surface area (Å²) in [6.45, 7) is 6.49. The van der Waals surface area contributed by atoms with Gasteiger partial charge in [0.2, 0.25) is 5.91 Å². The molecule has 3 rings (SSSR count). The summed E-state index contributed by atoms with van der Waals surface area (Å²) in [5.41, 5.74) is 0.156. The summed E-state index contributed by atoms with van der Waals surface area (Å²) in [4.78, 5) is 28.0. The van der Waals surface area contributed by atoms with Crippen LogP contribution in [0.15, 0.2) is 29.1 Å². The monoisotopic (exact) mass is 375 g/mol. The van der Waals surface area contributed by atoms with Gasteiger partial charge >= 0.3 is 0 Å². The number of ether oxygens (including phenoxy) is 1. The molecule has 0 radical (unpaired) electrons. The molecule has 0 aliphatic heterocycles. The van der Waals surface area contributed by atoms with E-state index in [1.807, 2.05) is 18.2 Å². The van der Waals surface area contributed by atoms with E-state index in [9.17, 15) is 9.59 Å². The molecule has 26 heavy (non-hydrogen) atoms. The molecule has 0 spiro atoms. The van der Waals surface area contributed by atoms with Crippen LogP contribution < -0.4 is 10.9 Å². The zero-order valence-corrected chi connectivity index (χ0v) is 16.4. The van der Waals surface area contributed by atoms with Crippen LogP contribution in [0.25, 0.3) is 10.9 Å². The lowest BCUT2D eigenvalue weighted by Crippen LogP contribution is -2.68. The van der Waals surface area contributed by atoms with Crippen LogP contribution in [0, 0.1) is 10.2 Å². The maximum Gasteiger partial charge on any atom is 0.262 e. The minimum atomic E-state index is -0.233. The number of H-pyrrole nitrogens is 1. The largest absolute Gasteiger partial charge is 0.378 e. The molecule has 1 amide bonds. The minimum Gasteiger partial charge on any atom is -0.378 e. The number of hydrogen-bond donors (Lipinski definition) is 2. The Morgan fingerprint density at radius 3 is 2.73 bits per heavy atom. The molecular weight excluding hydrogens is 350 g/mol. The van der Waals surface area contributed by atoms with Gasteiger partial charge in [-0.15, -0.1) is 0 Å². The molecule has 7 heteroatoms. The van der Waals surface area contributed by atoms with E-state index in [2.05, 4.69) is 31.1 Å². The van der Waals surface area contributed by atoms with Crippen molar-refractivity contribution in [2.24, 2.45) is 5.41 Å². The molecule has 140 valence electrons. The fourth-order valence-electron chi connectivity index (χ4n) is 3.60. The Hall–Kier alpha value is -1.99. The number of aromatic nitrogens is 2. The molecule has 1 aromatic heterocycles. The Morgan fingerprint density at radius 2 is 2.08 bits per heavy atom. The third kappa shape index (κ3) is 2.99. The molecular formula is C19H25N3O3S. The van der Waals surface area contributed by atoms with Gasteiger partial charge in [0.1, 0.15) is 0 Å². The summed E-state index contributed by atoms with van der Waals surface area (Å²) in [6, 6.07) is 7.28. The quantitative estimate of drug-likeness (QED) is 0.788. The molecule has 1 saturated carbocycles. The molecule has 1 aliphatic rings. The van der Waals surface area contributed by atoms with Crippen molar-refractivity contribution in [1.82, 2.24) is 14.9 Å². The maximum absolute atomic E-state index is 12.6. The Labute approximate surface area is 157 Å². The van der Waals surface area contributed by atoms with Gasteiger partial charge in [0.25, 0.3) is 5.56 Å². The van der Waals surface area contributed by atoms with Crippen molar-refractivity contribution in [2.45, 2.75) is 51.8 Å². The molecule has 2 atom stereocenters. The highest BCUT2D eigenvalue weighted by Gasteiger charge is 2.58. The fraction of sp³-hybridized carbons (Fsp3) is 0.526. The Balaban J connectivity index is 1.69. The van der Waals surface area contributed by atoms with Gasteiger partial charge < -0.3 is 15.0 Å². The van der Waals surface area contributed by atoms with E-state index in [1.54, 1.807) is 13.2 Å². The van der Waals surface area contributed by atoms with Crippen molar-refractivity contribution in [3.8, 4) is 0 Å². The molecule has 0 saturated heterocycles. The van der Waals surface area contributed by atoms with E-state index in [4.69, 9.17) is 17.0 Å². The standard InChI is InChI=1S/C19H25N3O3S/c1-18(2)14(11-19(18,3)25-4)21-15(23)9-10-22-16(24)12-7-5-6-8-13(12)20-17(22)26/h5-8,14H,9-11H2,1-4H3,(H,20,26)(H,21,23)/t14-,19+/m0/s1. The van der Waals surface area contributed by atoms with E-state index < -0.39 is 0 Å². The van der Waals surface area contributed by atoms with Crippen molar-refractivity contribution in [3.63, 3.8) is 0 Å². The van der Waals surface area contributed by atoms with Crippen molar-refractivity contribution < 1.29 is 9.53 Å². The molecule has 6 nitrogen and oxygen atoms in total. The van der Waals surface area contributed by atoms with Crippen LogP contribution >= 0.6 is 12.2 Å². The first-order valence-electron chi connectivity index (χ1n) is 8.76. The van der Waals surface area contributed by atoms with E-state index in [0.29, 0.717) is 15.7 Å². The third-order valence-electron chi connectivity index (χ3n) is 6.07. The lowest BCUT2D eigenvalue weighted by atomic mass is 9.56. The lowest BCUT2D eigenvalue weighted by Gasteiger charge is -2.59. The molecule has 0 unspecified atom stereocenters. The summed E-state index contributed by atoms with van der Waals surface area (Å²) >= 11 is 5.28. The average Bonchev–Trinajstić information content (AvgIpc) is 2.60. The van der Waals surface area contributed by atoms with Crippen LogP contribution in [0.4, 0.5) is 0 Å². The van der Waals surface area contributed by atoms with Gasteiger partial charge in [-0.1, -0.05) is 26.0 Å². The number of hydrogen-bond acceptors (Lipinski definition) is 4. The van der Waals surface area contributed by atoms with Crippen LogP contribution in [-0.2, 0) is 16.1 Å². The predicted octanol–water partition coefficient (Wildman–Crippen LogP) is 2.77. The first kappa shape index (κ1) is 18.8. The summed E-state index contributed by atoms with van der Waals surface area (Å²) < 4.78 is 7.37. The number of carbonyl (C=O) groups is 1. The van der Waals surface area contributed by atoms with Crippen LogP contribution in [0.1, 0.15) is 33.6 Å². The highest BCUT2D eigenvalue weighted by Crippen LogP contribution is 2.51. The highest BCUT2D eigenvalue weighted by molar-refractivity contribution is 7.71. The Kier molecular flexibility index (Phi) is 4.79. The topological polar surface area (TPSA) is 76.1 Å². The van der Waals surface area contributed by atoms with Gasteiger partial charge in [0, 0.05) is 31.5 Å².